The lowest BCUT2D eigenvalue weighted by Crippen LogP contribution is -2.40. The molecule has 1 atom stereocenters. The lowest BCUT2D eigenvalue weighted by atomic mass is 9.82. The Hall–Kier alpha value is -2.55. The van der Waals surface area contributed by atoms with E-state index in [-0.39, 0.29) is 60.8 Å². The number of carbonyl (C=O) groups is 1. The first-order chi connectivity index (χ1) is 14.9. The molecule has 0 saturated heterocycles. The number of nitrogens with one attached hydrogen (secondary N) is 1. The Labute approximate surface area is 185 Å². The molecular formula is C23H29F3N2O4. The Morgan fingerprint density at radius 2 is 2.00 bits per heavy atom. The zero-order chi connectivity index (χ0) is 23.7. The van der Waals surface area contributed by atoms with Crippen molar-refractivity contribution in [2.24, 2.45) is 5.92 Å². The highest BCUT2D eigenvalue weighted by molar-refractivity contribution is 5.80. The van der Waals surface area contributed by atoms with Gasteiger partial charge in [-0.25, -0.2) is 22.9 Å². The number of amides is 1. The predicted octanol–water partition coefficient (Wildman–Crippen LogP) is 6.02. The Morgan fingerprint density at radius 1 is 1.34 bits per heavy atom. The summed E-state index contributed by atoms with van der Waals surface area (Å²) in [6.07, 6.45) is -1.02. The summed E-state index contributed by atoms with van der Waals surface area (Å²) in [5, 5.41) is 2.70. The van der Waals surface area contributed by atoms with Gasteiger partial charge in [0.15, 0.2) is 11.4 Å². The van der Waals surface area contributed by atoms with Crippen molar-refractivity contribution in [2.75, 3.05) is 13.7 Å². The molecular weight excluding hydrogens is 425 g/mol. The van der Waals surface area contributed by atoms with Crippen LogP contribution in [-0.2, 0) is 9.47 Å². The van der Waals surface area contributed by atoms with Crippen molar-refractivity contribution in [3.63, 3.8) is 0 Å². The first kappa shape index (κ1) is 24.1. The second kappa shape index (κ2) is 9.13. The zero-order valence-corrected chi connectivity index (χ0v) is 18.8. The van der Waals surface area contributed by atoms with Crippen LogP contribution in [0.5, 0.6) is 0 Å². The fourth-order valence-corrected chi connectivity index (χ4v) is 3.85. The normalized spacial score (nSPS) is 17.8. The second-order valence-electron chi connectivity index (χ2n) is 9.18. The Morgan fingerprint density at radius 3 is 2.59 bits per heavy atom. The molecule has 1 amide bonds. The molecule has 9 heteroatoms. The topological polar surface area (TPSA) is 73.6 Å². The SMILES string of the molecule is C=C(COC)c1ccc2oc([C@@H](NC(=O)OC(C)(C)C)C3CCC(F)(F)CC3)nc2c1F. The molecule has 1 N–H and O–H groups in total. The van der Waals surface area contributed by atoms with Gasteiger partial charge >= 0.3 is 6.09 Å². The molecule has 0 unspecified atom stereocenters. The van der Waals surface area contributed by atoms with Gasteiger partial charge in [-0.1, -0.05) is 6.58 Å². The number of methoxy groups -OCH3 is 1. The predicted molar refractivity (Wildman–Crippen MR) is 114 cm³/mol. The average molecular weight is 454 g/mol. The summed E-state index contributed by atoms with van der Waals surface area (Å²) in [4.78, 5) is 16.8. The molecule has 1 aromatic heterocycles. The van der Waals surface area contributed by atoms with Gasteiger partial charge in [0.1, 0.15) is 17.2 Å². The molecule has 32 heavy (non-hydrogen) atoms. The van der Waals surface area contributed by atoms with Crippen LogP contribution in [0.15, 0.2) is 23.1 Å². The number of oxazole rings is 1. The number of nitrogens with zero attached hydrogens (tertiary/aromatic N) is 1. The highest BCUT2D eigenvalue weighted by Gasteiger charge is 2.40. The van der Waals surface area contributed by atoms with E-state index < -0.39 is 29.5 Å². The molecule has 1 aromatic carbocycles. The summed E-state index contributed by atoms with van der Waals surface area (Å²) < 4.78 is 58.6. The van der Waals surface area contributed by atoms with E-state index in [0.29, 0.717) is 5.57 Å². The maximum absolute atomic E-state index is 15.1. The van der Waals surface area contributed by atoms with E-state index in [1.165, 1.54) is 13.2 Å². The van der Waals surface area contributed by atoms with Crippen molar-refractivity contribution in [3.8, 4) is 0 Å². The molecule has 1 heterocycles. The van der Waals surface area contributed by atoms with E-state index in [4.69, 9.17) is 13.9 Å². The number of fused-ring (bicyclic) bond motifs is 1. The summed E-state index contributed by atoms with van der Waals surface area (Å²) in [5.74, 6) is -3.67. The van der Waals surface area contributed by atoms with Crippen LogP contribution >= 0.6 is 0 Å². The molecule has 176 valence electrons. The molecule has 2 aromatic rings. The lowest BCUT2D eigenvalue weighted by molar-refractivity contribution is -0.0509. The quantitative estimate of drug-likeness (QED) is 0.578. The second-order valence-corrected chi connectivity index (χ2v) is 9.18. The van der Waals surface area contributed by atoms with Gasteiger partial charge < -0.3 is 19.2 Å². The van der Waals surface area contributed by atoms with Gasteiger partial charge in [0.2, 0.25) is 11.8 Å². The van der Waals surface area contributed by atoms with E-state index in [1.54, 1.807) is 26.8 Å². The summed E-state index contributed by atoms with van der Waals surface area (Å²) in [6, 6.07) is 2.24. The average Bonchev–Trinajstić information content (AvgIpc) is 3.10. The van der Waals surface area contributed by atoms with E-state index in [9.17, 15) is 13.6 Å². The number of ether oxygens (including phenoxy) is 2. The third kappa shape index (κ3) is 5.62. The summed E-state index contributed by atoms with van der Waals surface area (Å²) in [5.41, 5.74) is 0.0937. The van der Waals surface area contributed by atoms with Crippen molar-refractivity contribution < 1.29 is 31.9 Å². The first-order valence-corrected chi connectivity index (χ1v) is 10.5. The van der Waals surface area contributed by atoms with E-state index >= 15 is 4.39 Å². The Bertz CT molecular complexity index is 987. The zero-order valence-electron chi connectivity index (χ0n) is 18.8. The van der Waals surface area contributed by atoms with Crippen LogP contribution in [0, 0.1) is 11.7 Å². The minimum Gasteiger partial charge on any atom is -0.444 e. The number of alkyl halides is 2. The van der Waals surface area contributed by atoms with Crippen molar-refractivity contribution in [1.82, 2.24) is 10.3 Å². The lowest BCUT2D eigenvalue weighted by Gasteiger charge is -2.33. The van der Waals surface area contributed by atoms with Gasteiger partial charge in [-0.05, 0) is 57.2 Å². The molecule has 0 aliphatic heterocycles. The first-order valence-electron chi connectivity index (χ1n) is 10.5. The standard InChI is InChI=1S/C23H29F3N2O4/c1-13(12-30-5)15-6-7-16-19(17(15)24)27-20(31-16)18(28-21(29)32-22(2,3)4)14-8-10-23(25,26)11-9-14/h6-7,14,18H,1,8-12H2,2-5H3,(H,28,29)/t18-/m0/s1. The molecule has 1 aliphatic carbocycles. The summed E-state index contributed by atoms with van der Waals surface area (Å²) >= 11 is 0. The van der Waals surface area contributed by atoms with Crippen molar-refractivity contribution >= 4 is 22.8 Å². The maximum Gasteiger partial charge on any atom is 0.408 e. The molecule has 0 radical (unpaired) electrons. The van der Waals surface area contributed by atoms with Crippen LogP contribution in [0.3, 0.4) is 0 Å². The Kier molecular flexibility index (Phi) is 6.88. The highest BCUT2D eigenvalue weighted by atomic mass is 19.3. The van der Waals surface area contributed by atoms with Crippen LogP contribution in [0.25, 0.3) is 16.7 Å². The molecule has 0 bridgehead atoms. The molecule has 1 saturated carbocycles. The number of aromatic nitrogens is 1. The van der Waals surface area contributed by atoms with E-state index in [2.05, 4.69) is 16.9 Å². The number of halogens is 3. The molecule has 1 fully saturated rings. The fraction of sp³-hybridized carbons (Fsp3) is 0.565. The van der Waals surface area contributed by atoms with Gasteiger partial charge in [0.05, 0.1) is 6.61 Å². The largest absolute Gasteiger partial charge is 0.444 e. The number of carbonyl (C=O) groups excluding carboxylic acids is 1. The number of alkyl carbamates (subject to hydrolysis) is 1. The van der Waals surface area contributed by atoms with Gasteiger partial charge in [-0.15, -0.1) is 0 Å². The van der Waals surface area contributed by atoms with Crippen LogP contribution in [-0.4, -0.2) is 36.3 Å². The minimum atomic E-state index is -2.74. The minimum absolute atomic E-state index is 0.0214. The molecule has 0 spiro atoms. The van der Waals surface area contributed by atoms with Gasteiger partial charge in [0.25, 0.3) is 0 Å². The van der Waals surface area contributed by atoms with Crippen molar-refractivity contribution in [2.45, 2.75) is 64.0 Å². The molecule has 1 aliphatic rings. The van der Waals surface area contributed by atoms with Gasteiger partial charge in [-0.3, -0.25) is 0 Å². The number of rotatable bonds is 6. The molecule has 3 rings (SSSR count). The maximum atomic E-state index is 15.1. The smallest absolute Gasteiger partial charge is 0.408 e. The summed E-state index contributed by atoms with van der Waals surface area (Å²) in [7, 11) is 1.48. The third-order valence-corrected chi connectivity index (χ3v) is 5.39. The van der Waals surface area contributed by atoms with Gasteiger partial charge in [-0.2, -0.15) is 0 Å². The number of benzene rings is 1. The van der Waals surface area contributed by atoms with Crippen LogP contribution in [0.1, 0.15) is 64.0 Å². The number of hydrogen-bond acceptors (Lipinski definition) is 5. The van der Waals surface area contributed by atoms with Gasteiger partial charge in [0, 0.05) is 25.5 Å². The molecule has 6 nitrogen and oxygen atoms in total. The fourth-order valence-electron chi connectivity index (χ4n) is 3.85. The van der Waals surface area contributed by atoms with Crippen LogP contribution in [0.2, 0.25) is 0 Å². The van der Waals surface area contributed by atoms with Crippen molar-refractivity contribution in [1.29, 1.82) is 0 Å². The van der Waals surface area contributed by atoms with Crippen LogP contribution in [0.4, 0.5) is 18.0 Å². The van der Waals surface area contributed by atoms with Crippen LogP contribution < -0.4 is 5.32 Å². The highest BCUT2D eigenvalue weighted by Crippen LogP contribution is 2.42. The van der Waals surface area contributed by atoms with E-state index in [1.807, 2.05) is 0 Å². The monoisotopic (exact) mass is 454 g/mol. The third-order valence-electron chi connectivity index (χ3n) is 5.39. The van der Waals surface area contributed by atoms with Crippen molar-refractivity contribution in [3.05, 3.63) is 36.0 Å². The van der Waals surface area contributed by atoms with E-state index in [0.717, 1.165) is 0 Å². The summed E-state index contributed by atoms with van der Waals surface area (Å²) in [6.45, 7) is 9.10. The Balaban J connectivity index is 1.95. The number of hydrogen-bond donors (Lipinski definition) is 1.